The summed E-state index contributed by atoms with van der Waals surface area (Å²) in [7, 11) is 0. The van der Waals surface area contributed by atoms with Gasteiger partial charge in [0.15, 0.2) is 0 Å². The second kappa shape index (κ2) is 8.20. The van der Waals surface area contributed by atoms with Gasteiger partial charge >= 0.3 is 0 Å². The maximum Gasteiger partial charge on any atom is 0.124 e. The van der Waals surface area contributed by atoms with Gasteiger partial charge in [-0.25, -0.2) is 0 Å². The Hall–Kier alpha value is -2.16. The van der Waals surface area contributed by atoms with Crippen LogP contribution in [0, 0.1) is 0 Å². The summed E-state index contributed by atoms with van der Waals surface area (Å²) in [5.74, 6) is 1.84. The first kappa shape index (κ1) is 15.2. The maximum atomic E-state index is 5.65. The van der Waals surface area contributed by atoms with E-state index in [-0.39, 0.29) is 0 Å². The Morgan fingerprint density at radius 1 is 0.952 bits per heavy atom. The van der Waals surface area contributed by atoms with Crippen molar-refractivity contribution < 1.29 is 9.47 Å². The van der Waals surface area contributed by atoms with E-state index in [0.29, 0.717) is 6.61 Å². The van der Waals surface area contributed by atoms with Gasteiger partial charge in [0, 0.05) is 23.9 Å². The van der Waals surface area contributed by atoms with Gasteiger partial charge in [-0.3, -0.25) is 0 Å². The fraction of sp³-hybridized carbons (Fsp3) is 0.333. The molecule has 21 heavy (non-hydrogen) atoms. The van der Waals surface area contributed by atoms with E-state index in [4.69, 9.17) is 9.47 Å². The smallest absolute Gasteiger partial charge is 0.124 e. The van der Waals surface area contributed by atoms with E-state index >= 15 is 0 Å². The van der Waals surface area contributed by atoms with Crippen LogP contribution >= 0.6 is 0 Å². The quantitative estimate of drug-likeness (QED) is 0.775. The van der Waals surface area contributed by atoms with Crippen molar-refractivity contribution in [3.05, 3.63) is 54.1 Å². The van der Waals surface area contributed by atoms with Crippen LogP contribution in [0.5, 0.6) is 11.5 Å². The monoisotopic (exact) mass is 285 g/mol. The summed E-state index contributed by atoms with van der Waals surface area (Å²) in [4.78, 5) is 0. The molecule has 2 rings (SSSR count). The molecular weight excluding hydrogens is 262 g/mol. The summed E-state index contributed by atoms with van der Waals surface area (Å²) in [6.45, 7) is 6.26. The third-order valence-corrected chi connectivity index (χ3v) is 3.06. The molecule has 0 saturated heterocycles. The first-order valence-corrected chi connectivity index (χ1v) is 7.51. The number of hydrogen-bond donors (Lipinski definition) is 1. The van der Waals surface area contributed by atoms with Gasteiger partial charge in [-0.15, -0.1) is 0 Å². The van der Waals surface area contributed by atoms with E-state index in [1.807, 2.05) is 49.4 Å². The molecule has 0 fully saturated rings. The molecule has 1 N–H and O–H groups in total. The molecule has 3 heteroatoms. The highest BCUT2D eigenvalue weighted by Gasteiger charge is 2.02. The predicted molar refractivity (Wildman–Crippen MR) is 87.2 cm³/mol. The summed E-state index contributed by atoms with van der Waals surface area (Å²) in [5, 5.41) is 3.42. The summed E-state index contributed by atoms with van der Waals surface area (Å²) < 4.78 is 11.3. The molecule has 0 bridgehead atoms. The van der Waals surface area contributed by atoms with Crippen LogP contribution in [0.3, 0.4) is 0 Å². The lowest BCUT2D eigenvalue weighted by molar-refractivity contribution is 0.317. The molecule has 0 aliphatic rings. The van der Waals surface area contributed by atoms with Gasteiger partial charge in [-0.2, -0.15) is 0 Å². The SMILES string of the molecule is CCCOc1cccc(NCc2ccccc2OCC)c1. The zero-order chi connectivity index (χ0) is 14.9. The van der Waals surface area contributed by atoms with Crippen LogP contribution < -0.4 is 14.8 Å². The first-order chi connectivity index (χ1) is 10.3. The van der Waals surface area contributed by atoms with E-state index in [1.54, 1.807) is 0 Å². The largest absolute Gasteiger partial charge is 0.494 e. The van der Waals surface area contributed by atoms with Crippen molar-refractivity contribution in [1.82, 2.24) is 0 Å². The zero-order valence-corrected chi connectivity index (χ0v) is 12.8. The summed E-state index contributed by atoms with van der Waals surface area (Å²) in [6.07, 6.45) is 1.01. The Kier molecular flexibility index (Phi) is 5.95. The summed E-state index contributed by atoms with van der Waals surface area (Å²) in [6, 6.07) is 16.2. The van der Waals surface area contributed by atoms with Crippen molar-refractivity contribution in [3.8, 4) is 11.5 Å². The topological polar surface area (TPSA) is 30.5 Å². The molecule has 0 radical (unpaired) electrons. The van der Waals surface area contributed by atoms with E-state index < -0.39 is 0 Å². The molecule has 0 spiro atoms. The molecule has 0 aromatic heterocycles. The van der Waals surface area contributed by atoms with E-state index in [1.165, 1.54) is 0 Å². The highest BCUT2D eigenvalue weighted by atomic mass is 16.5. The molecule has 0 amide bonds. The van der Waals surface area contributed by atoms with Gasteiger partial charge in [-0.05, 0) is 31.5 Å². The van der Waals surface area contributed by atoms with Crippen LogP contribution in [0.1, 0.15) is 25.8 Å². The third kappa shape index (κ3) is 4.71. The average Bonchev–Trinajstić information content (AvgIpc) is 2.53. The minimum atomic E-state index is 0.678. The molecule has 2 aromatic rings. The zero-order valence-electron chi connectivity index (χ0n) is 12.8. The first-order valence-electron chi connectivity index (χ1n) is 7.51. The van der Waals surface area contributed by atoms with Gasteiger partial charge in [0.25, 0.3) is 0 Å². The number of para-hydroxylation sites is 1. The van der Waals surface area contributed by atoms with Crippen LogP contribution in [0.15, 0.2) is 48.5 Å². The second-order valence-corrected chi connectivity index (χ2v) is 4.77. The standard InChI is InChI=1S/C18H23NO2/c1-3-12-21-17-10-7-9-16(13-17)19-14-15-8-5-6-11-18(15)20-4-2/h5-11,13,19H,3-4,12,14H2,1-2H3. The van der Waals surface area contributed by atoms with Crippen molar-refractivity contribution in [2.75, 3.05) is 18.5 Å². The van der Waals surface area contributed by atoms with Crippen molar-refractivity contribution in [2.45, 2.75) is 26.8 Å². The molecule has 112 valence electrons. The fourth-order valence-corrected chi connectivity index (χ4v) is 2.06. The van der Waals surface area contributed by atoms with Gasteiger partial charge in [0.05, 0.1) is 13.2 Å². The Bertz CT molecular complexity index is 554. The van der Waals surface area contributed by atoms with Crippen molar-refractivity contribution >= 4 is 5.69 Å². The fourth-order valence-electron chi connectivity index (χ4n) is 2.06. The van der Waals surface area contributed by atoms with Gasteiger partial charge in [0.1, 0.15) is 11.5 Å². The highest BCUT2D eigenvalue weighted by molar-refractivity contribution is 5.49. The summed E-state index contributed by atoms with van der Waals surface area (Å²) in [5.41, 5.74) is 2.20. The van der Waals surface area contributed by atoms with Crippen LogP contribution in [-0.4, -0.2) is 13.2 Å². The molecular formula is C18H23NO2. The normalized spacial score (nSPS) is 10.2. The number of benzene rings is 2. The minimum absolute atomic E-state index is 0.678. The summed E-state index contributed by atoms with van der Waals surface area (Å²) >= 11 is 0. The van der Waals surface area contributed by atoms with Crippen molar-refractivity contribution in [2.24, 2.45) is 0 Å². The number of nitrogens with one attached hydrogen (secondary N) is 1. The van der Waals surface area contributed by atoms with Crippen molar-refractivity contribution in [1.29, 1.82) is 0 Å². The highest BCUT2D eigenvalue weighted by Crippen LogP contribution is 2.21. The number of anilines is 1. The van der Waals surface area contributed by atoms with E-state index in [2.05, 4.69) is 18.3 Å². The molecule has 2 aromatic carbocycles. The molecule has 0 aliphatic carbocycles. The van der Waals surface area contributed by atoms with Crippen LogP contribution in [-0.2, 0) is 6.54 Å². The average molecular weight is 285 g/mol. The second-order valence-electron chi connectivity index (χ2n) is 4.77. The van der Waals surface area contributed by atoms with E-state index in [0.717, 1.165) is 42.3 Å². The number of ether oxygens (including phenoxy) is 2. The van der Waals surface area contributed by atoms with E-state index in [9.17, 15) is 0 Å². The lowest BCUT2D eigenvalue weighted by atomic mass is 10.2. The van der Waals surface area contributed by atoms with Crippen LogP contribution in [0.4, 0.5) is 5.69 Å². The van der Waals surface area contributed by atoms with Gasteiger partial charge < -0.3 is 14.8 Å². The molecule has 0 atom stereocenters. The Morgan fingerprint density at radius 2 is 1.81 bits per heavy atom. The lowest BCUT2D eigenvalue weighted by Gasteiger charge is -2.12. The number of rotatable bonds is 8. The van der Waals surface area contributed by atoms with Gasteiger partial charge in [0.2, 0.25) is 0 Å². The lowest BCUT2D eigenvalue weighted by Crippen LogP contribution is -2.03. The molecule has 0 aliphatic heterocycles. The Balaban J connectivity index is 1.99. The Labute approximate surface area is 126 Å². The van der Waals surface area contributed by atoms with Crippen LogP contribution in [0.25, 0.3) is 0 Å². The minimum Gasteiger partial charge on any atom is -0.494 e. The maximum absolute atomic E-state index is 5.65. The number of hydrogen-bond acceptors (Lipinski definition) is 3. The molecule has 0 unspecified atom stereocenters. The Morgan fingerprint density at radius 3 is 2.62 bits per heavy atom. The third-order valence-electron chi connectivity index (χ3n) is 3.06. The van der Waals surface area contributed by atoms with Crippen molar-refractivity contribution in [3.63, 3.8) is 0 Å². The van der Waals surface area contributed by atoms with Gasteiger partial charge in [-0.1, -0.05) is 31.2 Å². The molecule has 0 heterocycles. The molecule has 3 nitrogen and oxygen atoms in total. The van der Waals surface area contributed by atoms with Crippen LogP contribution in [0.2, 0.25) is 0 Å². The molecule has 0 saturated carbocycles. The predicted octanol–water partition coefficient (Wildman–Crippen LogP) is 4.49.